The number of rotatable bonds is 4. The Morgan fingerprint density at radius 2 is 2.05 bits per heavy atom. The summed E-state index contributed by atoms with van der Waals surface area (Å²) in [5.74, 6) is 2.16. The quantitative estimate of drug-likeness (QED) is 0.847. The van der Waals surface area contributed by atoms with Crippen molar-refractivity contribution in [3.8, 4) is 11.5 Å². The first-order chi connectivity index (χ1) is 10.2. The zero-order valence-corrected chi connectivity index (χ0v) is 14.7. The largest absolute Gasteiger partial charge is 0.369 e. The second-order valence-electron chi connectivity index (χ2n) is 5.36. The first-order valence-corrected chi connectivity index (χ1v) is 9.10. The molecule has 0 bridgehead atoms. The van der Waals surface area contributed by atoms with Crippen LogP contribution < -0.4 is 5.32 Å². The lowest BCUT2D eigenvalue weighted by molar-refractivity contribution is 0.691. The van der Waals surface area contributed by atoms with E-state index in [0.29, 0.717) is 5.92 Å². The van der Waals surface area contributed by atoms with Crippen molar-refractivity contribution < 1.29 is 0 Å². The van der Waals surface area contributed by atoms with Crippen molar-refractivity contribution >= 4 is 33.1 Å². The molecule has 4 nitrogen and oxygen atoms in total. The molecule has 1 aliphatic carbocycles. The number of hydrogen-bond donors (Lipinski definition) is 1. The summed E-state index contributed by atoms with van der Waals surface area (Å²) in [7, 11) is 0. The van der Waals surface area contributed by atoms with Gasteiger partial charge >= 0.3 is 0 Å². The van der Waals surface area contributed by atoms with Crippen molar-refractivity contribution in [2.75, 3.05) is 11.9 Å². The molecule has 112 valence electrons. The van der Waals surface area contributed by atoms with Crippen LogP contribution in [0.15, 0.2) is 9.85 Å². The summed E-state index contributed by atoms with van der Waals surface area (Å²) in [5, 5.41) is 6.41. The molecule has 1 saturated carbocycles. The SMILES string of the molecule is CCNc1nc(-c2csc(C)n2)nc(C2CCCC2)c1Br. The summed E-state index contributed by atoms with van der Waals surface area (Å²) in [6.07, 6.45) is 5.03. The van der Waals surface area contributed by atoms with E-state index in [1.165, 1.54) is 25.7 Å². The summed E-state index contributed by atoms with van der Waals surface area (Å²) in [6, 6.07) is 0. The molecule has 0 aromatic carbocycles. The third-order valence-electron chi connectivity index (χ3n) is 3.81. The average Bonchev–Trinajstić information content (AvgIpc) is 3.12. The standard InChI is InChI=1S/C15H19BrN4S/c1-3-17-15-12(16)13(10-6-4-5-7-10)19-14(20-15)11-8-21-9(2)18-11/h8,10H,3-7H2,1-2H3,(H,17,19,20). The maximum atomic E-state index is 4.83. The lowest BCUT2D eigenvalue weighted by Crippen LogP contribution is -2.08. The highest BCUT2D eigenvalue weighted by Crippen LogP contribution is 2.39. The van der Waals surface area contributed by atoms with Crippen LogP contribution in [0.5, 0.6) is 0 Å². The van der Waals surface area contributed by atoms with Gasteiger partial charge in [0.25, 0.3) is 0 Å². The van der Waals surface area contributed by atoms with Gasteiger partial charge in [-0.1, -0.05) is 12.8 Å². The van der Waals surface area contributed by atoms with Crippen LogP contribution in [0.25, 0.3) is 11.5 Å². The van der Waals surface area contributed by atoms with Crippen LogP contribution in [0.4, 0.5) is 5.82 Å². The molecule has 0 spiro atoms. The summed E-state index contributed by atoms with van der Waals surface area (Å²) in [5.41, 5.74) is 2.02. The Kier molecular flexibility index (Phi) is 4.54. The molecular weight excluding hydrogens is 348 g/mol. The molecule has 2 aromatic rings. The third kappa shape index (κ3) is 3.11. The second kappa shape index (κ2) is 6.40. The zero-order valence-electron chi connectivity index (χ0n) is 12.3. The summed E-state index contributed by atoms with van der Waals surface area (Å²) >= 11 is 5.34. The smallest absolute Gasteiger partial charge is 0.181 e. The molecule has 0 saturated heterocycles. The van der Waals surface area contributed by atoms with Gasteiger partial charge < -0.3 is 5.32 Å². The first kappa shape index (κ1) is 14.9. The van der Waals surface area contributed by atoms with E-state index >= 15 is 0 Å². The van der Waals surface area contributed by atoms with E-state index in [1.54, 1.807) is 11.3 Å². The van der Waals surface area contributed by atoms with Gasteiger partial charge in [-0.25, -0.2) is 15.0 Å². The Morgan fingerprint density at radius 1 is 1.29 bits per heavy atom. The van der Waals surface area contributed by atoms with Gasteiger partial charge in [0.2, 0.25) is 0 Å². The molecule has 1 fully saturated rings. The number of halogens is 1. The molecule has 3 rings (SSSR count). The molecule has 6 heteroatoms. The monoisotopic (exact) mass is 366 g/mol. The molecule has 2 aromatic heterocycles. The van der Waals surface area contributed by atoms with Gasteiger partial charge in [0, 0.05) is 17.8 Å². The van der Waals surface area contributed by atoms with Gasteiger partial charge in [-0.2, -0.15) is 0 Å². The van der Waals surface area contributed by atoms with Gasteiger partial charge in [-0.3, -0.25) is 0 Å². The molecule has 0 unspecified atom stereocenters. The summed E-state index contributed by atoms with van der Waals surface area (Å²) < 4.78 is 1.02. The Morgan fingerprint density at radius 3 is 2.67 bits per heavy atom. The van der Waals surface area contributed by atoms with Crippen LogP contribution in [0.3, 0.4) is 0 Å². The van der Waals surface area contributed by atoms with Crippen LogP contribution in [-0.4, -0.2) is 21.5 Å². The van der Waals surface area contributed by atoms with Gasteiger partial charge in [0.05, 0.1) is 15.2 Å². The van der Waals surface area contributed by atoms with E-state index in [-0.39, 0.29) is 0 Å². The minimum atomic E-state index is 0.540. The molecule has 1 N–H and O–H groups in total. The van der Waals surface area contributed by atoms with Gasteiger partial charge in [-0.15, -0.1) is 11.3 Å². The Hall–Kier alpha value is -1.01. The van der Waals surface area contributed by atoms with Crippen LogP contribution >= 0.6 is 27.3 Å². The fourth-order valence-corrected chi connectivity index (χ4v) is 4.03. The van der Waals surface area contributed by atoms with Gasteiger partial charge in [0.1, 0.15) is 11.5 Å². The van der Waals surface area contributed by atoms with Crippen LogP contribution in [-0.2, 0) is 0 Å². The number of nitrogens with one attached hydrogen (secondary N) is 1. The Labute approximate surface area is 137 Å². The highest BCUT2D eigenvalue weighted by Gasteiger charge is 2.24. The third-order valence-corrected chi connectivity index (χ3v) is 5.37. The predicted molar refractivity (Wildman–Crippen MR) is 90.9 cm³/mol. The summed E-state index contributed by atoms with van der Waals surface area (Å²) in [6.45, 7) is 4.93. The number of hydrogen-bond acceptors (Lipinski definition) is 5. The van der Waals surface area contributed by atoms with Crippen LogP contribution in [0, 0.1) is 6.92 Å². The predicted octanol–water partition coefficient (Wildman–Crippen LogP) is 4.76. The number of anilines is 1. The van der Waals surface area contributed by atoms with Crippen molar-refractivity contribution in [3.63, 3.8) is 0 Å². The van der Waals surface area contributed by atoms with Crippen LogP contribution in [0.2, 0.25) is 0 Å². The number of thiazole rings is 1. The normalized spacial score (nSPS) is 15.6. The number of aryl methyl sites for hydroxylation is 1. The van der Waals surface area contributed by atoms with Crippen LogP contribution in [0.1, 0.15) is 49.2 Å². The molecule has 0 atom stereocenters. The number of nitrogens with zero attached hydrogens (tertiary/aromatic N) is 3. The fraction of sp³-hybridized carbons (Fsp3) is 0.533. The Bertz CT molecular complexity index is 635. The van der Waals surface area contributed by atoms with Gasteiger partial charge in [0.15, 0.2) is 5.82 Å². The molecule has 21 heavy (non-hydrogen) atoms. The minimum absolute atomic E-state index is 0.540. The maximum Gasteiger partial charge on any atom is 0.181 e. The number of aromatic nitrogens is 3. The van der Waals surface area contributed by atoms with E-state index in [9.17, 15) is 0 Å². The average molecular weight is 367 g/mol. The van der Waals surface area contributed by atoms with Crippen molar-refractivity contribution in [2.24, 2.45) is 0 Å². The van der Waals surface area contributed by atoms with Crippen molar-refractivity contribution in [3.05, 3.63) is 20.6 Å². The molecule has 2 heterocycles. The molecule has 0 radical (unpaired) electrons. The second-order valence-corrected chi connectivity index (χ2v) is 7.21. The molecule has 1 aliphatic rings. The minimum Gasteiger partial charge on any atom is -0.369 e. The molecular formula is C15H19BrN4S. The summed E-state index contributed by atoms with van der Waals surface area (Å²) in [4.78, 5) is 14.0. The van der Waals surface area contributed by atoms with E-state index in [2.05, 4.69) is 38.1 Å². The lowest BCUT2D eigenvalue weighted by Gasteiger charge is -2.15. The van der Waals surface area contributed by atoms with Gasteiger partial charge in [-0.05, 0) is 42.6 Å². The topological polar surface area (TPSA) is 50.7 Å². The van der Waals surface area contributed by atoms with Crippen molar-refractivity contribution in [2.45, 2.75) is 45.4 Å². The first-order valence-electron chi connectivity index (χ1n) is 7.42. The highest BCUT2D eigenvalue weighted by atomic mass is 79.9. The van der Waals surface area contributed by atoms with E-state index in [1.807, 2.05) is 12.3 Å². The van der Waals surface area contributed by atoms with E-state index in [4.69, 9.17) is 4.98 Å². The zero-order chi connectivity index (χ0) is 14.8. The maximum absolute atomic E-state index is 4.83. The van der Waals surface area contributed by atoms with E-state index in [0.717, 1.165) is 39.1 Å². The highest BCUT2D eigenvalue weighted by molar-refractivity contribution is 9.10. The van der Waals surface area contributed by atoms with Crippen molar-refractivity contribution in [1.82, 2.24) is 15.0 Å². The molecule has 0 amide bonds. The Balaban J connectivity index is 2.07. The van der Waals surface area contributed by atoms with Crippen molar-refractivity contribution in [1.29, 1.82) is 0 Å². The van der Waals surface area contributed by atoms with E-state index < -0.39 is 0 Å². The lowest BCUT2D eigenvalue weighted by atomic mass is 10.0. The fourth-order valence-electron chi connectivity index (χ4n) is 2.80. The molecule has 0 aliphatic heterocycles.